The van der Waals surface area contributed by atoms with E-state index in [2.05, 4.69) is 16.6 Å². The molecule has 3 rings (SSSR count). The summed E-state index contributed by atoms with van der Waals surface area (Å²) in [7, 11) is 0. The van der Waals surface area contributed by atoms with Crippen LogP contribution >= 0.6 is 11.6 Å². The number of hydrogen-bond acceptors (Lipinski definition) is 5. The molecule has 0 saturated carbocycles. The highest BCUT2D eigenvalue weighted by Crippen LogP contribution is 2.33. The number of halogens is 3. The summed E-state index contributed by atoms with van der Waals surface area (Å²) in [6.45, 7) is -1.45. The van der Waals surface area contributed by atoms with Gasteiger partial charge in [0.2, 0.25) is 5.91 Å². The largest absolute Gasteiger partial charge is 0.436 e. The first-order valence-corrected chi connectivity index (χ1v) is 11.8. The normalized spacial score (nSPS) is 17.8. The van der Waals surface area contributed by atoms with Gasteiger partial charge in [0.1, 0.15) is 6.04 Å². The Hall–Kier alpha value is -3.68. The summed E-state index contributed by atoms with van der Waals surface area (Å²) in [4.78, 5) is 38.8. The minimum atomic E-state index is -3.35. The minimum absolute atomic E-state index is 0.0213. The SMILES string of the molecule is C#CCOC(=O)N[C@@H](Cc1ccccc1)[C@H](O)C(=O)N1CC(F)(F)C[C@H]1C(=O)NCc1ccccc1Cl. The van der Waals surface area contributed by atoms with Crippen LogP contribution in [0.2, 0.25) is 5.02 Å². The fourth-order valence-corrected chi connectivity index (χ4v) is 4.18. The van der Waals surface area contributed by atoms with E-state index in [0.717, 1.165) is 0 Å². The Bertz CT molecular complexity index is 1160. The molecule has 196 valence electrons. The summed E-state index contributed by atoms with van der Waals surface area (Å²) >= 11 is 6.08. The maximum atomic E-state index is 14.4. The van der Waals surface area contributed by atoms with Gasteiger partial charge >= 0.3 is 6.09 Å². The van der Waals surface area contributed by atoms with Crippen molar-refractivity contribution in [3.8, 4) is 12.3 Å². The third kappa shape index (κ3) is 7.65. The number of terminal acetylenes is 1. The summed E-state index contributed by atoms with van der Waals surface area (Å²) in [5, 5.41) is 16.2. The number of aliphatic hydroxyl groups excluding tert-OH is 1. The highest BCUT2D eigenvalue weighted by Gasteiger charge is 2.51. The van der Waals surface area contributed by atoms with Gasteiger partial charge in [-0.2, -0.15) is 0 Å². The van der Waals surface area contributed by atoms with Crippen molar-refractivity contribution >= 4 is 29.5 Å². The van der Waals surface area contributed by atoms with E-state index in [0.29, 0.717) is 21.0 Å². The lowest BCUT2D eigenvalue weighted by atomic mass is 10.00. The standard InChI is InChI=1S/C26H26ClF2N3O5/c1-2-12-37-25(36)31-20(13-17-8-4-3-5-9-17)22(33)24(35)32-16-26(28,29)14-21(32)23(34)30-15-18-10-6-7-11-19(18)27/h1,3-11,20-22,33H,12-16H2,(H,30,34)(H,31,36)/t20-,21-,22-/m0/s1. The number of amides is 3. The molecule has 37 heavy (non-hydrogen) atoms. The number of benzene rings is 2. The van der Waals surface area contributed by atoms with Crippen molar-refractivity contribution in [2.24, 2.45) is 0 Å². The van der Waals surface area contributed by atoms with Crippen LogP contribution < -0.4 is 10.6 Å². The average Bonchev–Trinajstić information content (AvgIpc) is 3.21. The summed E-state index contributed by atoms with van der Waals surface area (Å²) in [6, 6.07) is 12.5. The van der Waals surface area contributed by atoms with Gasteiger partial charge in [-0.15, -0.1) is 6.42 Å². The van der Waals surface area contributed by atoms with Gasteiger partial charge in [0.05, 0.1) is 12.6 Å². The summed E-state index contributed by atoms with van der Waals surface area (Å²) in [6.07, 6.45) is 1.20. The van der Waals surface area contributed by atoms with Gasteiger partial charge in [0, 0.05) is 18.0 Å². The van der Waals surface area contributed by atoms with Crippen LogP contribution in [0, 0.1) is 12.3 Å². The molecule has 3 amide bonds. The van der Waals surface area contributed by atoms with Crippen molar-refractivity contribution in [3.05, 3.63) is 70.7 Å². The number of alkyl halides is 2. The Labute approximate surface area is 217 Å². The molecular weight excluding hydrogens is 508 g/mol. The third-order valence-electron chi connectivity index (χ3n) is 5.79. The van der Waals surface area contributed by atoms with Gasteiger partial charge in [-0.05, 0) is 23.6 Å². The van der Waals surface area contributed by atoms with Crippen molar-refractivity contribution in [1.29, 1.82) is 0 Å². The summed E-state index contributed by atoms with van der Waals surface area (Å²) < 4.78 is 33.5. The van der Waals surface area contributed by atoms with Crippen LogP contribution in [0.1, 0.15) is 17.5 Å². The Morgan fingerprint density at radius 2 is 1.86 bits per heavy atom. The molecule has 1 fully saturated rings. The van der Waals surface area contributed by atoms with E-state index in [1.807, 2.05) is 0 Å². The predicted molar refractivity (Wildman–Crippen MR) is 132 cm³/mol. The molecule has 8 nitrogen and oxygen atoms in total. The number of alkyl carbamates (subject to hydrolysis) is 1. The number of aliphatic hydroxyl groups is 1. The number of rotatable bonds is 9. The highest BCUT2D eigenvalue weighted by molar-refractivity contribution is 6.31. The van der Waals surface area contributed by atoms with Gasteiger partial charge in [0.25, 0.3) is 11.8 Å². The van der Waals surface area contributed by atoms with Gasteiger partial charge in [-0.3, -0.25) is 9.59 Å². The summed E-state index contributed by atoms with van der Waals surface area (Å²) in [5.74, 6) is -3.19. The highest BCUT2D eigenvalue weighted by atomic mass is 35.5. The zero-order valence-electron chi connectivity index (χ0n) is 19.7. The van der Waals surface area contributed by atoms with Crippen LogP contribution in [0.3, 0.4) is 0 Å². The van der Waals surface area contributed by atoms with Crippen LogP contribution in [0.5, 0.6) is 0 Å². The molecule has 0 spiro atoms. The number of carbonyl (C=O) groups excluding carboxylic acids is 3. The Morgan fingerprint density at radius 3 is 2.54 bits per heavy atom. The first kappa shape index (κ1) is 27.9. The van der Waals surface area contributed by atoms with Crippen molar-refractivity contribution in [2.45, 2.75) is 43.5 Å². The second kappa shape index (κ2) is 12.5. The lowest BCUT2D eigenvalue weighted by molar-refractivity contribution is -0.147. The molecule has 0 bridgehead atoms. The van der Waals surface area contributed by atoms with E-state index < -0.39 is 55.0 Å². The van der Waals surface area contributed by atoms with Crippen molar-refractivity contribution in [2.75, 3.05) is 13.2 Å². The zero-order chi connectivity index (χ0) is 27.0. The molecular formula is C26H26ClF2N3O5. The number of likely N-dealkylation sites (tertiary alicyclic amines) is 1. The van der Waals surface area contributed by atoms with Crippen LogP contribution in [0.15, 0.2) is 54.6 Å². The molecule has 3 N–H and O–H groups in total. The molecule has 0 unspecified atom stereocenters. The molecule has 1 aliphatic rings. The number of carbonyl (C=O) groups is 3. The maximum Gasteiger partial charge on any atom is 0.408 e. The van der Waals surface area contributed by atoms with Gasteiger partial charge < -0.3 is 25.4 Å². The van der Waals surface area contributed by atoms with E-state index in [4.69, 9.17) is 22.8 Å². The van der Waals surface area contributed by atoms with Crippen molar-refractivity contribution < 1.29 is 33.0 Å². The first-order chi connectivity index (χ1) is 17.6. The first-order valence-electron chi connectivity index (χ1n) is 11.4. The lowest BCUT2D eigenvalue weighted by Crippen LogP contribution is -2.56. The molecule has 0 aromatic heterocycles. The maximum absolute atomic E-state index is 14.4. The molecule has 2 aromatic carbocycles. The molecule has 3 atom stereocenters. The Kier molecular flexibility index (Phi) is 9.44. The van der Waals surface area contributed by atoms with E-state index in [-0.39, 0.29) is 19.6 Å². The number of nitrogens with one attached hydrogen (secondary N) is 2. The molecule has 1 saturated heterocycles. The van der Waals surface area contributed by atoms with E-state index in [1.165, 1.54) is 0 Å². The van der Waals surface area contributed by atoms with E-state index in [1.54, 1.807) is 54.6 Å². The molecule has 1 heterocycles. The van der Waals surface area contributed by atoms with Crippen LogP contribution in [0.4, 0.5) is 13.6 Å². The molecule has 0 aliphatic carbocycles. The molecule has 0 radical (unpaired) electrons. The lowest BCUT2D eigenvalue weighted by Gasteiger charge is -2.29. The fraction of sp³-hybridized carbons (Fsp3) is 0.346. The Morgan fingerprint density at radius 1 is 1.19 bits per heavy atom. The summed E-state index contributed by atoms with van der Waals surface area (Å²) in [5.41, 5.74) is 1.22. The van der Waals surface area contributed by atoms with E-state index in [9.17, 15) is 28.3 Å². The smallest absolute Gasteiger partial charge is 0.408 e. The second-order valence-corrected chi connectivity index (χ2v) is 8.92. The van der Waals surface area contributed by atoms with Gasteiger partial charge in [-0.1, -0.05) is 66.1 Å². The van der Waals surface area contributed by atoms with Crippen molar-refractivity contribution in [1.82, 2.24) is 15.5 Å². The zero-order valence-corrected chi connectivity index (χ0v) is 20.5. The molecule has 1 aliphatic heterocycles. The van der Waals surface area contributed by atoms with Crippen molar-refractivity contribution in [3.63, 3.8) is 0 Å². The fourth-order valence-electron chi connectivity index (χ4n) is 3.98. The van der Waals surface area contributed by atoms with Gasteiger partial charge in [0.15, 0.2) is 12.7 Å². The number of hydrogen-bond donors (Lipinski definition) is 3. The molecule has 2 aromatic rings. The van der Waals surface area contributed by atoms with Crippen LogP contribution in [0.25, 0.3) is 0 Å². The number of ether oxygens (including phenoxy) is 1. The second-order valence-electron chi connectivity index (χ2n) is 8.52. The predicted octanol–water partition coefficient (Wildman–Crippen LogP) is 2.52. The monoisotopic (exact) mass is 533 g/mol. The number of nitrogens with zero attached hydrogens (tertiary/aromatic N) is 1. The quantitative estimate of drug-likeness (QED) is 0.429. The average molecular weight is 534 g/mol. The Balaban J connectivity index is 1.76. The molecule has 11 heteroatoms. The van der Waals surface area contributed by atoms with Crippen LogP contribution in [-0.4, -0.2) is 65.2 Å². The van der Waals surface area contributed by atoms with E-state index >= 15 is 0 Å². The topological polar surface area (TPSA) is 108 Å². The minimum Gasteiger partial charge on any atom is -0.436 e. The third-order valence-corrected chi connectivity index (χ3v) is 6.16. The van der Waals surface area contributed by atoms with Gasteiger partial charge in [-0.25, -0.2) is 13.6 Å². The van der Waals surface area contributed by atoms with Crippen LogP contribution in [-0.2, 0) is 27.3 Å².